The summed E-state index contributed by atoms with van der Waals surface area (Å²) in [4.78, 5) is 17.6. The first-order chi connectivity index (χ1) is 9.58. The van der Waals surface area contributed by atoms with Gasteiger partial charge in [-0.1, -0.05) is 18.2 Å². The van der Waals surface area contributed by atoms with Crippen LogP contribution in [0.4, 0.5) is 0 Å². The Balaban J connectivity index is 2.01. The molecule has 112 valence electrons. The smallest absolute Gasteiger partial charge is 0.313 e. The summed E-state index contributed by atoms with van der Waals surface area (Å²) in [5.41, 5.74) is 1.10. The summed E-state index contributed by atoms with van der Waals surface area (Å²) < 4.78 is 2.17. The number of carboxylic acids is 1. The molecule has 5 nitrogen and oxygen atoms in total. The van der Waals surface area contributed by atoms with Crippen LogP contribution < -0.4 is 0 Å². The molecule has 1 aromatic heterocycles. The first-order valence-electron chi connectivity index (χ1n) is 7.18. The third-order valence-corrected chi connectivity index (χ3v) is 4.64. The number of aliphatic carboxylic acids is 1. The van der Waals surface area contributed by atoms with Gasteiger partial charge >= 0.3 is 5.97 Å². The molecule has 0 saturated carbocycles. The number of aromatic nitrogens is 2. The van der Waals surface area contributed by atoms with Gasteiger partial charge in [-0.3, -0.25) is 4.79 Å². The first kappa shape index (κ1) is 15.4. The second-order valence-electron chi connectivity index (χ2n) is 5.44. The molecule has 6 heteroatoms. The van der Waals surface area contributed by atoms with Gasteiger partial charge in [0.25, 0.3) is 0 Å². The van der Waals surface area contributed by atoms with Gasteiger partial charge in [0.1, 0.15) is 0 Å². The van der Waals surface area contributed by atoms with E-state index in [2.05, 4.69) is 21.4 Å². The Bertz CT molecular complexity index is 455. The summed E-state index contributed by atoms with van der Waals surface area (Å²) in [7, 11) is 0. The van der Waals surface area contributed by atoms with Gasteiger partial charge in [0.15, 0.2) is 5.16 Å². The molecule has 1 fully saturated rings. The lowest BCUT2D eigenvalue weighted by Gasteiger charge is -2.30. The number of hydrogen-bond acceptors (Lipinski definition) is 4. The van der Waals surface area contributed by atoms with Crippen LogP contribution >= 0.6 is 11.8 Å². The summed E-state index contributed by atoms with van der Waals surface area (Å²) in [5.74, 6) is -0.738. The summed E-state index contributed by atoms with van der Waals surface area (Å²) >= 11 is 1.30. The molecule has 0 spiro atoms. The topological polar surface area (TPSA) is 58.4 Å². The maximum absolute atomic E-state index is 10.7. The fourth-order valence-electron chi connectivity index (χ4n) is 2.79. The zero-order valence-electron chi connectivity index (χ0n) is 12.2. The standard InChI is InChI=1S/C14H23N3O2S/c1-11-8-15-14(20-10-13(18)19)17(11)12(2)9-16-6-4-3-5-7-16/h8,12H,3-7,9-10H2,1-2H3,(H,18,19). The van der Waals surface area contributed by atoms with Gasteiger partial charge in [-0.05, 0) is 39.8 Å². The number of imidazole rings is 1. The lowest BCUT2D eigenvalue weighted by atomic mass is 10.1. The normalized spacial score (nSPS) is 18.1. The number of hydrogen-bond donors (Lipinski definition) is 1. The zero-order chi connectivity index (χ0) is 14.5. The average molecular weight is 297 g/mol. The Hall–Kier alpha value is -1.01. The molecule has 2 heterocycles. The quantitative estimate of drug-likeness (QED) is 0.817. The Kier molecular flexibility index (Phi) is 5.48. The van der Waals surface area contributed by atoms with Crippen molar-refractivity contribution in [3.05, 3.63) is 11.9 Å². The summed E-state index contributed by atoms with van der Waals surface area (Å²) in [6, 6.07) is 0.326. The van der Waals surface area contributed by atoms with Crippen molar-refractivity contribution in [3.63, 3.8) is 0 Å². The molecular weight excluding hydrogens is 274 g/mol. The van der Waals surface area contributed by atoms with Gasteiger partial charge in [0.05, 0.1) is 5.75 Å². The Morgan fingerprint density at radius 2 is 2.15 bits per heavy atom. The van der Waals surface area contributed by atoms with E-state index in [9.17, 15) is 4.79 Å². The SMILES string of the molecule is Cc1cnc(SCC(=O)O)n1C(C)CN1CCCCC1. The molecule has 0 radical (unpaired) electrons. The van der Waals surface area contributed by atoms with Crippen molar-refractivity contribution in [2.45, 2.75) is 44.3 Å². The third-order valence-electron chi connectivity index (χ3n) is 3.68. The highest BCUT2D eigenvalue weighted by atomic mass is 32.2. The highest BCUT2D eigenvalue weighted by Gasteiger charge is 2.18. The van der Waals surface area contributed by atoms with Crippen LogP contribution in [0.1, 0.15) is 37.9 Å². The van der Waals surface area contributed by atoms with Crippen molar-refractivity contribution >= 4 is 17.7 Å². The van der Waals surface area contributed by atoms with Crippen molar-refractivity contribution in [2.75, 3.05) is 25.4 Å². The molecule has 0 aromatic carbocycles. The third kappa shape index (κ3) is 3.99. The van der Waals surface area contributed by atoms with Crippen molar-refractivity contribution < 1.29 is 9.90 Å². The molecule has 0 aliphatic carbocycles. The molecule has 0 bridgehead atoms. The Morgan fingerprint density at radius 3 is 2.80 bits per heavy atom. The van der Waals surface area contributed by atoms with Crippen molar-refractivity contribution in [3.8, 4) is 0 Å². The minimum atomic E-state index is -0.800. The van der Waals surface area contributed by atoms with Crippen LogP contribution in [-0.2, 0) is 4.79 Å². The first-order valence-corrected chi connectivity index (χ1v) is 8.17. The number of piperidine rings is 1. The molecule has 20 heavy (non-hydrogen) atoms. The van der Waals surface area contributed by atoms with Crippen LogP contribution in [0.3, 0.4) is 0 Å². The molecular formula is C14H23N3O2S. The van der Waals surface area contributed by atoms with Crippen LogP contribution in [0.25, 0.3) is 0 Å². The monoisotopic (exact) mass is 297 g/mol. The second kappa shape index (κ2) is 7.13. The van der Waals surface area contributed by atoms with E-state index in [1.165, 1.54) is 44.1 Å². The summed E-state index contributed by atoms with van der Waals surface area (Å²) in [5, 5.41) is 9.62. The predicted octanol–water partition coefficient (Wildman–Crippen LogP) is 2.42. The highest BCUT2D eigenvalue weighted by molar-refractivity contribution is 7.99. The van der Waals surface area contributed by atoms with Crippen molar-refractivity contribution in [2.24, 2.45) is 0 Å². The highest BCUT2D eigenvalue weighted by Crippen LogP contribution is 2.24. The maximum Gasteiger partial charge on any atom is 0.313 e. The summed E-state index contributed by atoms with van der Waals surface area (Å²) in [6.45, 7) is 7.59. The van der Waals surface area contributed by atoms with Crippen molar-refractivity contribution in [1.82, 2.24) is 14.5 Å². The Morgan fingerprint density at radius 1 is 1.45 bits per heavy atom. The van der Waals surface area contributed by atoms with Gasteiger partial charge in [-0.25, -0.2) is 4.98 Å². The largest absolute Gasteiger partial charge is 0.481 e. The molecule has 1 aliphatic rings. The molecule has 0 amide bonds. The Labute approximate surface area is 124 Å². The molecule has 1 unspecified atom stereocenters. The fourth-order valence-corrected chi connectivity index (χ4v) is 3.63. The lowest BCUT2D eigenvalue weighted by Crippen LogP contribution is -2.34. The predicted molar refractivity (Wildman–Crippen MR) is 80.3 cm³/mol. The number of thioether (sulfide) groups is 1. The average Bonchev–Trinajstić information content (AvgIpc) is 2.78. The van der Waals surface area contributed by atoms with E-state index in [1.54, 1.807) is 0 Å². The van der Waals surface area contributed by atoms with Gasteiger partial charge < -0.3 is 14.6 Å². The van der Waals surface area contributed by atoms with Crippen LogP contribution in [0.15, 0.2) is 11.4 Å². The molecule has 1 aromatic rings. The van der Waals surface area contributed by atoms with Crippen LogP contribution in [0.5, 0.6) is 0 Å². The number of nitrogens with zero attached hydrogens (tertiary/aromatic N) is 3. The van der Waals surface area contributed by atoms with Gasteiger partial charge in [0.2, 0.25) is 0 Å². The molecule has 1 N–H and O–H groups in total. The number of carboxylic acid groups (broad SMARTS) is 1. The van der Waals surface area contributed by atoms with Crippen molar-refractivity contribution in [1.29, 1.82) is 0 Å². The number of rotatable bonds is 6. The van der Waals surface area contributed by atoms with E-state index >= 15 is 0 Å². The van der Waals surface area contributed by atoms with Gasteiger partial charge in [-0.2, -0.15) is 0 Å². The molecule has 1 atom stereocenters. The number of likely N-dealkylation sites (tertiary alicyclic amines) is 1. The van der Waals surface area contributed by atoms with Gasteiger partial charge in [-0.15, -0.1) is 0 Å². The number of carbonyl (C=O) groups is 1. The van der Waals surface area contributed by atoms with E-state index in [0.717, 1.165) is 17.4 Å². The molecule has 1 aliphatic heterocycles. The van der Waals surface area contributed by atoms with E-state index in [1.807, 2.05) is 13.1 Å². The van der Waals surface area contributed by atoms with Gasteiger partial charge in [0, 0.05) is 24.5 Å². The maximum atomic E-state index is 10.7. The van der Waals surface area contributed by atoms with E-state index in [4.69, 9.17) is 5.11 Å². The summed E-state index contributed by atoms with van der Waals surface area (Å²) in [6.07, 6.45) is 5.75. The second-order valence-corrected chi connectivity index (χ2v) is 6.39. The van der Waals surface area contributed by atoms with E-state index in [0.29, 0.717) is 6.04 Å². The van der Waals surface area contributed by atoms with Crippen LogP contribution in [0.2, 0.25) is 0 Å². The lowest BCUT2D eigenvalue weighted by molar-refractivity contribution is -0.133. The van der Waals surface area contributed by atoms with E-state index in [-0.39, 0.29) is 5.75 Å². The fraction of sp³-hybridized carbons (Fsp3) is 0.714. The minimum absolute atomic E-state index is 0.0624. The van der Waals surface area contributed by atoms with Crippen LogP contribution in [0, 0.1) is 6.92 Å². The molecule has 1 saturated heterocycles. The minimum Gasteiger partial charge on any atom is -0.481 e. The van der Waals surface area contributed by atoms with Crippen LogP contribution in [-0.4, -0.2) is 50.9 Å². The molecule has 2 rings (SSSR count). The number of aryl methyl sites for hydroxylation is 1. The zero-order valence-corrected chi connectivity index (χ0v) is 13.0. The van der Waals surface area contributed by atoms with E-state index < -0.39 is 5.97 Å².